The largest absolute Gasteiger partial charge is 0.325 e. The summed E-state index contributed by atoms with van der Waals surface area (Å²) in [7, 11) is 0. The van der Waals surface area contributed by atoms with Crippen LogP contribution in [0.4, 0.5) is 5.69 Å². The maximum atomic E-state index is 12.1. The molecule has 0 aromatic heterocycles. The minimum absolute atomic E-state index is 0.0945. The van der Waals surface area contributed by atoms with Crippen molar-refractivity contribution >= 4 is 11.6 Å². The van der Waals surface area contributed by atoms with E-state index in [1.165, 1.54) is 24.0 Å². The van der Waals surface area contributed by atoms with Gasteiger partial charge < -0.3 is 10.6 Å². The highest BCUT2D eigenvalue weighted by molar-refractivity contribution is 5.92. The first-order valence-corrected chi connectivity index (χ1v) is 7.58. The second-order valence-corrected chi connectivity index (χ2v) is 5.98. The lowest BCUT2D eigenvalue weighted by molar-refractivity contribution is -0.117. The quantitative estimate of drug-likeness (QED) is 0.875. The maximum absolute atomic E-state index is 12.1. The van der Waals surface area contributed by atoms with E-state index in [-0.39, 0.29) is 5.91 Å². The smallest absolute Gasteiger partial charge is 0.238 e. The fraction of sp³-hybridized carbons (Fsp3) is 0.562. The van der Waals surface area contributed by atoms with Gasteiger partial charge in [-0.1, -0.05) is 6.07 Å². The highest BCUT2D eigenvalue weighted by Crippen LogP contribution is 2.24. The fourth-order valence-electron chi connectivity index (χ4n) is 3.21. The number of carbonyl (C=O) groups excluding carboxylic acids is 1. The average molecular weight is 273 g/mol. The van der Waals surface area contributed by atoms with Gasteiger partial charge in [-0.05, 0) is 49.4 Å². The average Bonchev–Trinajstić information content (AvgIpc) is 2.86. The van der Waals surface area contributed by atoms with E-state index >= 15 is 0 Å². The Kier molecular flexibility index (Phi) is 4.03. The Morgan fingerprint density at radius 2 is 2.25 bits per heavy atom. The van der Waals surface area contributed by atoms with E-state index in [9.17, 15) is 4.79 Å². The molecule has 1 heterocycles. The number of hydrogen-bond acceptors (Lipinski definition) is 3. The third kappa shape index (κ3) is 3.19. The number of piperazine rings is 1. The predicted molar refractivity (Wildman–Crippen MR) is 81.0 cm³/mol. The Hall–Kier alpha value is -1.39. The van der Waals surface area contributed by atoms with Crippen molar-refractivity contribution in [3.05, 3.63) is 29.3 Å². The topological polar surface area (TPSA) is 44.4 Å². The van der Waals surface area contributed by atoms with Crippen molar-refractivity contribution in [1.29, 1.82) is 0 Å². The second-order valence-electron chi connectivity index (χ2n) is 5.98. The standard InChI is InChI=1S/C16H23N3O/c1-12-10-19(8-7-17-12)11-16(20)18-15-6-5-13-3-2-4-14(13)9-15/h5-6,9,12,17H,2-4,7-8,10-11H2,1H3,(H,18,20). The number of nitrogens with one attached hydrogen (secondary N) is 2. The zero-order valence-electron chi connectivity index (χ0n) is 12.1. The monoisotopic (exact) mass is 273 g/mol. The van der Waals surface area contributed by atoms with Crippen molar-refractivity contribution in [2.24, 2.45) is 0 Å². The molecule has 0 bridgehead atoms. The van der Waals surface area contributed by atoms with Gasteiger partial charge in [0.2, 0.25) is 5.91 Å². The lowest BCUT2D eigenvalue weighted by Crippen LogP contribution is -2.51. The molecule has 4 nitrogen and oxygen atoms in total. The zero-order chi connectivity index (χ0) is 13.9. The first-order valence-electron chi connectivity index (χ1n) is 7.58. The number of fused-ring (bicyclic) bond motifs is 1. The number of aryl methyl sites for hydroxylation is 2. The first-order chi connectivity index (χ1) is 9.70. The van der Waals surface area contributed by atoms with Crippen LogP contribution in [0.25, 0.3) is 0 Å². The minimum atomic E-state index is 0.0945. The van der Waals surface area contributed by atoms with Gasteiger partial charge in [0.05, 0.1) is 6.54 Å². The van der Waals surface area contributed by atoms with Gasteiger partial charge in [-0.25, -0.2) is 0 Å². The van der Waals surface area contributed by atoms with Crippen LogP contribution in [0.15, 0.2) is 18.2 Å². The van der Waals surface area contributed by atoms with Gasteiger partial charge >= 0.3 is 0 Å². The SMILES string of the molecule is CC1CN(CC(=O)Nc2ccc3c(c2)CCC3)CCN1. The van der Waals surface area contributed by atoms with Crippen LogP contribution in [0.5, 0.6) is 0 Å². The number of anilines is 1. The number of benzene rings is 1. The summed E-state index contributed by atoms with van der Waals surface area (Å²) >= 11 is 0. The van der Waals surface area contributed by atoms with Crippen molar-refractivity contribution in [1.82, 2.24) is 10.2 Å². The molecule has 1 aliphatic heterocycles. The normalized spacial score (nSPS) is 22.6. The molecule has 20 heavy (non-hydrogen) atoms. The van der Waals surface area contributed by atoms with Gasteiger partial charge in [0.25, 0.3) is 0 Å². The highest BCUT2D eigenvalue weighted by atomic mass is 16.2. The third-order valence-corrected chi connectivity index (χ3v) is 4.20. The van der Waals surface area contributed by atoms with E-state index in [0.717, 1.165) is 31.7 Å². The molecule has 108 valence electrons. The first kappa shape index (κ1) is 13.6. The summed E-state index contributed by atoms with van der Waals surface area (Å²) in [5.74, 6) is 0.0945. The maximum Gasteiger partial charge on any atom is 0.238 e. The molecule has 1 aromatic carbocycles. The summed E-state index contributed by atoms with van der Waals surface area (Å²) in [5, 5.41) is 6.42. The molecule has 1 atom stereocenters. The Bertz CT molecular complexity index is 500. The Morgan fingerprint density at radius 1 is 1.40 bits per heavy atom. The summed E-state index contributed by atoms with van der Waals surface area (Å²) < 4.78 is 0. The Morgan fingerprint density at radius 3 is 3.10 bits per heavy atom. The molecule has 1 aromatic rings. The van der Waals surface area contributed by atoms with E-state index in [4.69, 9.17) is 0 Å². The van der Waals surface area contributed by atoms with Gasteiger partial charge in [-0.3, -0.25) is 9.69 Å². The van der Waals surface area contributed by atoms with Crippen LogP contribution in [0.1, 0.15) is 24.5 Å². The minimum Gasteiger partial charge on any atom is -0.325 e. The van der Waals surface area contributed by atoms with Crippen LogP contribution < -0.4 is 10.6 Å². The van der Waals surface area contributed by atoms with Crippen LogP contribution >= 0.6 is 0 Å². The molecular formula is C16H23N3O. The molecule has 1 unspecified atom stereocenters. The van der Waals surface area contributed by atoms with Gasteiger partial charge in [-0.15, -0.1) is 0 Å². The molecule has 2 aliphatic rings. The van der Waals surface area contributed by atoms with E-state index in [2.05, 4.69) is 34.6 Å². The third-order valence-electron chi connectivity index (χ3n) is 4.20. The second kappa shape index (κ2) is 5.94. The molecule has 1 amide bonds. The lowest BCUT2D eigenvalue weighted by atomic mass is 10.1. The van der Waals surface area contributed by atoms with Crippen LogP contribution in [-0.4, -0.2) is 43.0 Å². The van der Waals surface area contributed by atoms with Crippen molar-refractivity contribution in [3.63, 3.8) is 0 Å². The summed E-state index contributed by atoms with van der Waals surface area (Å²) in [4.78, 5) is 14.3. The Balaban J connectivity index is 1.56. The lowest BCUT2D eigenvalue weighted by Gasteiger charge is -2.31. The van der Waals surface area contributed by atoms with Crippen LogP contribution in [0.2, 0.25) is 0 Å². The number of rotatable bonds is 3. The van der Waals surface area contributed by atoms with Crippen LogP contribution in [0, 0.1) is 0 Å². The molecule has 1 saturated heterocycles. The van der Waals surface area contributed by atoms with Crippen molar-refractivity contribution < 1.29 is 4.79 Å². The molecule has 4 heteroatoms. The molecule has 0 spiro atoms. The molecular weight excluding hydrogens is 250 g/mol. The summed E-state index contributed by atoms with van der Waals surface area (Å²) in [6, 6.07) is 6.80. The van der Waals surface area contributed by atoms with Gasteiger partial charge in [0.1, 0.15) is 0 Å². The van der Waals surface area contributed by atoms with Gasteiger partial charge in [0, 0.05) is 31.4 Å². The van der Waals surface area contributed by atoms with Gasteiger partial charge in [-0.2, -0.15) is 0 Å². The summed E-state index contributed by atoms with van der Waals surface area (Å²) in [6.07, 6.45) is 3.57. The molecule has 1 aliphatic carbocycles. The van der Waals surface area contributed by atoms with Crippen molar-refractivity contribution in [2.75, 3.05) is 31.5 Å². The summed E-state index contributed by atoms with van der Waals surface area (Å²) in [5.41, 5.74) is 3.79. The molecule has 0 saturated carbocycles. The van der Waals surface area contributed by atoms with Crippen molar-refractivity contribution in [3.8, 4) is 0 Å². The highest BCUT2D eigenvalue weighted by Gasteiger charge is 2.18. The van der Waals surface area contributed by atoms with E-state index in [1.54, 1.807) is 0 Å². The number of hydrogen-bond donors (Lipinski definition) is 2. The van der Waals surface area contributed by atoms with Crippen LogP contribution in [-0.2, 0) is 17.6 Å². The molecule has 3 rings (SSSR count). The number of amides is 1. The zero-order valence-corrected chi connectivity index (χ0v) is 12.1. The van der Waals surface area contributed by atoms with E-state index < -0.39 is 0 Å². The van der Waals surface area contributed by atoms with Crippen LogP contribution in [0.3, 0.4) is 0 Å². The van der Waals surface area contributed by atoms with E-state index in [0.29, 0.717) is 12.6 Å². The van der Waals surface area contributed by atoms with Crippen molar-refractivity contribution in [2.45, 2.75) is 32.2 Å². The van der Waals surface area contributed by atoms with E-state index in [1.807, 2.05) is 6.07 Å². The van der Waals surface area contributed by atoms with Gasteiger partial charge in [0.15, 0.2) is 0 Å². The number of nitrogens with zero attached hydrogens (tertiary/aromatic N) is 1. The number of carbonyl (C=O) groups is 1. The molecule has 2 N–H and O–H groups in total. The fourth-order valence-corrected chi connectivity index (χ4v) is 3.21. The Labute approximate surface area is 120 Å². The summed E-state index contributed by atoms with van der Waals surface area (Å²) in [6.45, 7) is 5.50. The predicted octanol–water partition coefficient (Wildman–Crippen LogP) is 1.41. The molecule has 0 radical (unpaired) electrons. The molecule has 1 fully saturated rings.